The summed E-state index contributed by atoms with van der Waals surface area (Å²) < 4.78 is 5.35. The van der Waals surface area contributed by atoms with Crippen LogP contribution in [-0.2, 0) is 20.6 Å². The molecule has 6 nitrogen and oxygen atoms in total. The van der Waals surface area contributed by atoms with Crippen molar-refractivity contribution in [1.82, 2.24) is 18.7 Å². The molecule has 0 N–H and O–H groups in total. The molecule has 0 spiro atoms. The van der Waals surface area contributed by atoms with Gasteiger partial charge in [-0.2, -0.15) is 0 Å². The fourth-order valence-corrected chi connectivity index (χ4v) is 2.14. The van der Waals surface area contributed by atoms with Crippen LogP contribution in [0.3, 0.4) is 0 Å². The minimum Gasteiger partial charge on any atom is -0.325 e. The molecule has 92 valence electrons. The van der Waals surface area contributed by atoms with Gasteiger partial charge in [-0.05, 0) is 6.42 Å². The topological polar surface area (TPSA) is 61.8 Å². The molecule has 0 saturated heterocycles. The largest absolute Gasteiger partial charge is 0.332 e. The zero-order chi connectivity index (χ0) is 12.6. The maximum Gasteiger partial charge on any atom is 0.332 e. The van der Waals surface area contributed by atoms with E-state index in [9.17, 15) is 9.59 Å². The SMILES string of the molecule is Cn1c(=O)c2c(ncn2CCCI)n(C)c1=O. The van der Waals surface area contributed by atoms with E-state index in [4.69, 9.17) is 0 Å². The van der Waals surface area contributed by atoms with Gasteiger partial charge in [-0.15, -0.1) is 0 Å². The van der Waals surface area contributed by atoms with E-state index in [1.807, 2.05) is 4.57 Å². The number of nitrogens with zero attached hydrogens (tertiary/aromatic N) is 4. The Labute approximate surface area is 111 Å². The number of rotatable bonds is 3. The number of imidazole rings is 1. The molecule has 2 aromatic rings. The lowest BCUT2D eigenvalue weighted by atomic mass is 10.4. The summed E-state index contributed by atoms with van der Waals surface area (Å²) in [7, 11) is 3.11. The Morgan fingerprint density at radius 1 is 1.29 bits per heavy atom. The van der Waals surface area contributed by atoms with Crippen molar-refractivity contribution in [2.45, 2.75) is 13.0 Å². The van der Waals surface area contributed by atoms with Crippen LogP contribution in [-0.4, -0.2) is 23.1 Å². The fraction of sp³-hybridized carbons (Fsp3) is 0.500. The number of fused-ring (bicyclic) bond motifs is 1. The Kier molecular flexibility index (Phi) is 3.36. The smallest absolute Gasteiger partial charge is 0.325 e. The van der Waals surface area contributed by atoms with Crippen molar-refractivity contribution in [1.29, 1.82) is 0 Å². The van der Waals surface area contributed by atoms with Crippen molar-refractivity contribution < 1.29 is 0 Å². The summed E-state index contributed by atoms with van der Waals surface area (Å²) in [5.41, 5.74) is 0.321. The molecule has 17 heavy (non-hydrogen) atoms. The Hall–Kier alpha value is -1.12. The van der Waals surface area contributed by atoms with Crippen molar-refractivity contribution in [3.63, 3.8) is 0 Å². The van der Waals surface area contributed by atoms with Gasteiger partial charge < -0.3 is 4.57 Å². The molecule has 0 aliphatic heterocycles. The van der Waals surface area contributed by atoms with Crippen molar-refractivity contribution in [2.24, 2.45) is 14.1 Å². The highest BCUT2D eigenvalue weighted by Gasteiger charge is 2.13. The molecule has 0 aromatic carbocycles. The van der Waals surface area contributed by atoms with Crippen LogP contribution in [0.4, 0.5) is 0 Å². The van der Waals surface area contributed by atoms with Gasteiger partial charge in [-0.25, -0.2) is 9.78 Å². The molecule has 2 rings (SSSR count). The van der Waals surface area contributed by atoms with E-state index in [-0.39, 0.29) is 11.2 Å². The highest BCUT2D eigenvalue weighted by Crippen LogP contribution is 2.06. The average Bonchev–Trinajstić information content (AvgIpc) is 2.75. The number of aromatic nitrogens is 4. The van der Waals surface area contributed by atoms with Gasteiger partial charge in [0.2, 0.25) is 0 Å². The average molecular weight is 348 g/mol. The number of alkyl halides is 1. The molecule has 0 atom stereocenters. The van der Waals surface area contributed by atoms with Crippen molar-refractivity contribution in [3.05, 3.63) is 27.2 Å². The summed E-state index contributed by atoms with van der Waals surface area (Å²) in [6.45, 7) is 0.743. The molecule has 0 radical (unpaired) electrons. The lowest BCUT2D eigenvalue weighted by molar-refractivity contribution is 0.681. The van der Waals surface area contributed by atoms with Crippen LogP contribution >= 0.6 is 22.6 Å². The van der Waals surface area contributed by atoms with Gasteiger partial charge in [-0.1, -0.05) is 22.6 Å². The summed E-state index contributed by atoms with van der Waals surface area (Å²) in [5.74, 6) is 0. The van der Waals surface area contributed by atoms with Gasteiger partial charge in [0.15, 0.2) is 11.2 Å². The first-order chi connectivity index (χ1) is 8.07. The lowest BCUT2D eigenvalue weighted by Crippen LogP contribution is -2.37. The molecule has 0 amide bonds. The van der Waals surface area contributed by atoms with Gasteiger partial charge in [0.25, 0.3) is 5.56 Å². The van der Waals surface area contributed by atoms with Crippen LogP contribution in [0.2, 0.25) is 0 Å². The molecular weight excluding hydrogens is 335 g/mol. The summed E-state index contributed by atoms with van der Waals surface area (Å²) in [5, 5.41) is 0. The van der Waals surface area contributed by atoms with E-state index in [1.54, 1.807) is 13.4 Å². The number of halogens is 1. The third kappa shape index (κ3) is 1.92. The molecular formula is C10H13IN4O2. The van der Waals surface area contributed by atoms with E-state index < -0.39 is 0 Å². The highest BCUT2D eigenvalue weighted by atomic mass is 127. The maximum absolute atomic E-state index is 12.0. The van der Waals surface area contributed by atoms with E-state index in [1.165, 1.54) is 11.6 Å². The van der Waals surface area contributed by atoms with Crippen LogP contribution in [0.25, 0.3) is 11.2 Å². The normalized spacial score (nSPS) is 11.2. The summed E-state index contributed by atoms with van der Waals surface area (Å²) in [4.78, 5) is 27.9. The van der Waals surface area contributed by atoms with Crippen LogP contribution in [0.1, 0.15) is 6.42 Å². The monoisotopic (exact) mass is 348 g/mol. The number of hydrogen-bond acceptors (Lipinski definition) is 3. The van der Waals surface area contributed by atoms with Crippen molar-refractivity contribution in [3.8, 4) is 0 Å². The second kappa shape index (κ2) is 4.63. The Bertz CT molecular complexity index is 667. The molecule has 0 bridgehead atoms. The molecule has 0 unspecified atom stereocenters. The van der Waals surface area contributed by atoms with Crippen molar-refractivity contribution >= 4 is 33.8 Å². The zero-order valence-corrected chi connectivity index (χ0v) is 11.8. The number of hydrogen-bond donors (Lipinski definition) is 0. The zero-order valence-electron chi connectivity index (χ0n) is 9.68. The molecule has 0 aliphatic carbocycles. The summed E-state index contributed by atoms with van der Waals surface area (Å²) in [6, 6.07) is 0. The molecule has 0 aliphatic rings. The highest BCUT2D eigenvalue weighted by molar-refractivity contribution is 14.1. The second-order valence-corrected chi connectivity index (χ2v) is 4.94. The van der Waals surface area contributed by atoms with E-state index in [0.717, 1.165) is 22.0 Å². The second-order valence-electron chi connectivity index (χ2n) is 3.86. The van der Waals surface area contributed by atoms with Crippen LogP contribution in [0.5, 0.6) is 0 Å². The van der Waals surface area contributed by atoms with Gasteiger partial charge >= 0.3 is 5.69 Å². The first kappa shape index (κ1) is 12.3. The maximum atomic E-state index is 12.0. The van der Waals surface area contributed by atoms with E-state index >= 15 is 0 Å². The molecule has 2 aromatic heterocycles. The lowest BCUT2D eigenvalue weighted by Gasteiger charge is -2.05. The first-order valence-electron chi connectivity index (χ1n) is 5.24. The Morgan fingerprint density at radius 3 is 2.65 bits per heavy atom. The summed E-state index contributed by atoms with van der Waals surface area (Å²) in [6.07, 6.45) is 2.59. The van der Waals surface area contributed by atoms with Gasteiger partial charge in [0.1, 0.15) is 0 Å². The van der Waals surface area contributed by atoms with E-state index in [2.05, 4.69) is 27.6 Å². The Morgan fingerprint density at radius 2 is 2.00 bits per heavy atom. The van der Waals surface area contributed by atoms with Gasteiger partial charge in [0.05, 0.1) is 6.33 Å². The Balaban J connectivity index is 2.77. The third-order valence-electron chi connectivity index (χ3n) is 2.75. The van der Waals surface area contributed by atoms with Crippen molar-refractivity contribution in [2.75, 3.05) is 4.43 Å². The van der Waals surface area contributed by atoms with Crippen LogP contribution in [0.15, 0.2) is 15.9 Å². The minimum atomic E-state index is -0.346. The van der Waals surface area contributed by atoms with E-state index in [0.29, 0.717) is 11.2 Å². The predicted molar refractivity (Wildman–Crippen MR) is 73.7 cm³/mol. The molecule has 0 saturated carbocycles. The molecule has 7 heteroatoms. The molecule has 2 heterocycles. The van der Waals surface area contributed by atoms with Gasteiger partial charge in [-0.3, -0.25) is 13.9 Å². The minimum absolute atomic E-state index is 0.283. The first-order valence-corrected chi connectivity index (χ1v) is 6.77. The standard InChI is InChI=1S/C10H13IN4O2/c1-13-8-7(9(16)14(2)10(13)17)15(6-12-8)5-3-4-11/h6H,3-5H2,1-2H3. The van der Waals surface area contributed by atoms with Gasteiger partial charge in [0, 0.05) is 25.1 Å². The fourth-order valence-electron chi connectivity index (χ4n) is 1.80. The number of aryl methyl sites for hydroxylation is 2. The molecule has 0 fully saturated rings. The van der Waals surface area contributed by atoms with Crippen LogP contribution < -0.4 is 11.2 Å². The quantitative estimate of drug-likeness (QED) is 0.591. The third-order valence-corrected chi connectivity index (χ3v) is 3.51. The summed E-state index contributed by atoms with van der Waals surface area (Å²) >= 11 is 2.29. The predicted octanol–water partition coefficient (Wildman–Crippen LogP) is 0.259. The van der Waals surface area contributed by atoms with Crippen LogP contribution in [0, 0.1) is 0 Å².